The van der Waals surface area contributed by atoms with Gasteiger partial charge in [-0.3, -0.25) is 9.48 Å². The first-order valence-corrected chi connectivity index (χ1v) is 7.11. The third-order valence-corrected chi connectivity index (χ3v) is 3.36. The Balaban J connectivity index is 1.86. The first-order chi connectivity index (χ1) is 10.1. The first kappa shape index (κ1) is 15.4. The average Bonchev–Trinajstić information content (AvgIpc) is 2.93. The number of halogens is 1. The second-order valence-corrected chi connectivity index (χ2v) is 5.07. The molecule has 5 nitrogen and oxygen atoms in total. The van der Waals surface area contributed by atoms with Crippen LogP contribution in [0.4, 0.5) is 0 Å². The van der Waals surface area contributed by atoms with Crippen LogP contribution in [0.2, 0.25) is 5.02 Å². The van der Waals surface area contributed by atoms with Crippen LogP contribution in [0.1, 0.15) is 12.6 Å². The average molecular weight is 308 g/mol. The highest BCUT2D eigenvalue weighted by molar-refractivity contribution is 6.30. The largest absolute Gasteiger partial charge is 0.484 e. The van der Waals surface area contributed by atoms with Gasteiger partial charge in [0.25, 0.3) is 5.91 Å². The molecule has 0 atom stereocenters. The molecule has 0 N–H and O–H groups in total. The lowest BCUT2D eigenvalue weighted by Gasteiger charge is -2.18. The Morgan fingerprint density at radius 2 is 2.05 bits per heavy atom. The highest BCUT2D eigenvalue weighted by Gasteiger charge is 2.12. The summed E-state index contributed by atoms with van der Waals surface area (Å²) < 4.78 is 7.31. The molecule has 0 saturated carbocycles. The van der Waals surface area contributed by atoms with Crippen molar-refractivity contribution in [1.29, 1.82) is 0 Å². The lowest BCUT2D eigenvalue weighted by molar-refractivity contribution is -0.132. The fraction of sp³-hybridized carbons (Fsp3) is 0.333. The summed E-state index contributed by atoms with van der Waals surface area (Å²) in [6.07, 6.45) is 1.74. The van der Waals surface area contributed by atoms with Crippen molar-refractivity contribution < 1.29 is 9.53 Å². The number of aromatic nitrogens is 2. The van der Waals surface area contributed by atoms with Crippen LogP contribution in [0, 0.1) is 0 Å². The number of hydrogen-bond acceptors (Lipinski definition) is 3. The minimum atomic E-state index is -0.0891. The smallest absolute Gasteiger partial charge is 0.260 e. The van der Waals surface area contributed by atoms with E-state index in [1.165, 1.54) is 0 Å². The van der Waals surface area contributed by atoms with E-state index in [0.29, 0.717) is 17.3 Å². The van der Waals surface area contributed by atoms with Gasteiger partial charge < -0.3 is 9.64 Å². The Morgan fingerprint density at radius 3 is 2.71 bits per heavy atom. The normalized spacial score (nSPS) is 10.4. The van der Waals surface area contributed by atoms with Crippen molar-refractivity contribution in [3.05, 3.63) is 47.2 Å². The van der Waals surface area contributed by atoms with E-state index < -0.39 is 0 Å². The molecule has 0 radical (unpaired) electrons. The summed E-state index contributed by atoms with van der Waals surface area (Å²) in [4.78, 5) is 13.7. The fourth-order valence-electron chi connectivity index (χ4n) is 1.90. The molecule has 0 aliphatic heterocycles. The second-order valence-electron chi connectivity index (χ2n) is 4.63. The zero-order valence-corrected chi connectivity index (χ0v) is 12.9. The van der Waals surface area contributed by atoms with Gasteiger partial charge in [-0.2, -0.15) is 5.10 Å². The molecule has 21 heavy (non-hydrogen) atoms. The van der Waals surface area contributed by atoms with Crippen molar-refractivity contribution in [3.8, 4) is 5.75 Å². The molecule has 1 amide bonds. The Bertz CT molecular complexity index is 595. The van der Waals surface area contributed by atoms with E-state index in [0.717, 1.165) is 12.2 Å². The van der Waals surface area contributed by atoms with Gasteiger partial charge >= 0.3 is 0 Å². The van der Waals surface area contributed by atoms with Crippen LogP contribution < -0.4 is 4.74 Å². The second kappa shape index (κ2) is 7.13. The van der Waals surface area contributed by atoms with Gasteiger partial charge in [0.05, 0.1) is 12.2 Å². The van der Waals surface area contributed by atoms with Gasteiger partial charge in [0, 0.05) is 24.8 Å². The number of amides is 1. The first-order valence-electron chi connectivity index (χ1n) is 6.73. The summed E-state index contributed by atoms with van der Waals surface area (Å²) in [7, 11) is 1.75. The maximum atomic E-state index is 12.1. The molecule has 1 aromatic heterocycles. The Hall–Kier alpha value is -2.01. The highest BCUT2D eigenvalue weighted by Crippen LogP contribution is 2.15. The molecule has 0 spiro atoms. The topological polar surface area (TPSA) is 47.4 Å². The number of likely N-dealkylation sites (N-methyl/N-ethyl adjacent to an activating group) is 1. The molecule has 0 aliphatic rings. The van der Waals surface area contributed by atoms with E-state index in [1.54, 1.807) is 42.4 Å². The SMILES string of the molecule is CCn1nccc1CN(C)C(=O)COc1ccc(Cl)cc1. The molecule has 0 saturated heterocycles. The van der Waals surface area contributed by atoms with Gasteiger partial charge in [-0.05, 0) is 37.3 Å². The molecule has 0 bridgehead atoms. The molecule has 1 heterocycles. The van der Waals surface area contributed by atoms with Crippen LogP contribution >= 0.6 is 11.6 Å². The van der Waals surface area contributed by atoms with Crippen LogP contribution in [0.5, 0.6) is 5.75 Å². The summed E-state index contributed by atoms with van der Waals surface area (Å²) in [5.74, 6) is 0.536. The Labute approximate surface area is 129 Å². The third kappa shape index (κ3) is 4.23. The number of carbonyl (C=O) groups is 1. The van der Waals surface area contributed by atoms with Gasteiger partial charge in [0.1, 0.15) is 5.75 Å². The van der Waals surface area contributed by atoms with E-state index in [9.17, 15) is 4.79 Å². The molecule has 0 fully saturated rings. The maximum absolute atomic E-state index is 12.1. The van der Waals surface area contributed by atoms with E-state index >= 15 is 0 Å². The molecular weight excluding hydrogens is 290 g/mol. The van der Waals surface area contributed by atoms with Crippen LogP contribution in [-0.4, -0.2) is 34.2 Å². The predicted octanol–water partition coefficient (Wildman–Crippen LogP) is 2.59. The van der Waals surface area contributed by atoms with Gasteiger partial charge in [-0.1, -0.05) is 11.6 Å². The maximum Gasteiger partial charge on any atom is 0.260 e. The minimum Gasteiger partial charge on any atom is -0.484 e. The summed E-state index contributed by atoms with van der Waals surface area (Å²) in [5.41, 5.74) is 1.000. The van der Waals surface area contributed by atoms with Crippen molar-refractivity contribution in [2.24, 2.45) is 0 Å². The number of rotatable bonds is 6. The predicted molar refractivity (Wildman–Crippen MR) is 81.3 cm³/mol. The minimum absolute atomic E-state index is 0.00159. The number of hydrogen-bond donors (Lipinski definition) is 0. The number of aryl methyl sites for hydroxylation is 1. The summed E-state index contributed by atoms with van der Waals surface area (Å²) in [5, 5.41) is 4.82. The molecule has 2 aromatic rings. The number of benzene rings is 1. The van der Waals surface area contributed by atoms with Crippen LogP contribution in [0.25, 0.3) is 0 Å². The van der Waals surface area contributed by atoms with E-state index in [2.05, 4.69) is 5.10 Å². The molecule has 1 aromatic carbocycles. The number of carbonyl (C=O) groups excluding carboxylic acids is 1. The van der Waals surface area contributed by atoms with Crippen molar-refractivity contribution in [2.45, 2.75) is 20.0 Å². The van der Waals surface area contributed by atoms with E-state index in [-0.39, 0.29) is 12.5 Å². The molecule has 0 aliphatic carbocycles. The molecule has 2 rings (SSSR count). The van der Waals surface area contributed by atoms with Crippen molar-refractivity contribution in [2.75, 3.05) is 13.7 Å². The standard InChI is InChI=1S/C15H18ClN3O2/c1-3-19-13(8-9-17-19)10-18(2)15(20)11-21-14-6-4-12(16)5-7-14/h4-9H,3,10-11H2,1-2H3. The zero-order valence-electron chi connectivity index (χ0n) is 12.1. The lowest BCUT2D eigenvalue weighted by atomic mass is 10.3. The van der Waals surface area contributed by atoms with Gasteiger partial charge in [0.15, 0.2) is 6.61 Å². The lowest BCUT2D eigenvalue weighted by Crippen LogP contribution is -2.31. The molecule has 6 heteroatoms. The quantitative estimate of drug-likeness (QED) is 0.824. The summed E-state index contributed by atoms with van der Waals surface area (Å²) in [6, 6.07) is 8.84. The van der Waals surface area contributed by atoms with E-state index in [4.69, 9.17) is 16.3 Å². The highest BCUT2D eigenvalue weighted by atomic mass is 35.5. The Morgan fingerprint density at radius 1 is 1.33 bits per heavy atom. The van der Waals surface area contributed by atoms with Crippen LogP contribution in [0.3, 0.4) is 0 Å². The van der Waals surface area contributed by atoms with Gasteiger partial charge in [-0.15, -0.1) is 0 Å². The molecule has 112 valence electrons. The van der Waals surface area contributed by atoms with Crippen LogP contribution in [0.15, 0.2) is 36.5 Å². The van der Waals surface area contributed by atoms with Crippen molar-refractivity contribution >= 4 is 17.5 Å². The van der Waals surface area contributed by atoms with E-state index in [1.807, 2.05) is 17.7 Å². The molecular formula is C15H18ClN3O2. The third-order valence-electron chi connectivity index (χ3n) is 3.10. The summed E-state index contributed by atoms with van der Waals surface area (Å²) >= 11 is 5.79. The number of nitrogens with zero attached hydrogens (tertiary/aromatic N) is 3. The van der Waals surface area contributed by atoms with Crippen molar-refractivity contribution in [1.82, 2.24) is 14.7 Å². The molecule has 0 unspecified atom stereocenters. The van der Waals surface area contributed by atoms with Gasteiger partial charge in [-0.25, -0.2) is 0 Å². The Kier molecular flexibility index (Phi) is 5.22. The zero-order chi connectivity index (χ0) is 15.2. The summed E-state index contributed by atoms with van der Waals surface area (Å²) in [6.45, 7) is 3.31. The monoisotopic (exact) mass is 307 g/mol. The van der Waals surface area contributed by atoms with Crippen LogP contribution in [-0.2, 0) is 17.9 Å². The number of ether oxygens (including phenoxy) is 1. The fourth-order valence-corrected chi connectivity index (χ4v) is 2.02. The van der Waals surface area contributed by atoms with Gasteiger partial charge in [0.2, 0.25) is 0 Å². The van der Waals surface area contributed by atoms with Crippen molar-refractivity contribution in [3.63, 3.8) is 0 Å².